The molecule has 0 bridgehead atoms. The highest BCUT2D eigenvalue weighted by Crippen LogP contribution is 2.19. The lowest BCUT2D eigenvalue weighted by atomic mass is 10.2. The maximum Gasteiger partial charge on any atom is 0.212 e. The molecule has 0 saturated heterocycles. The normalized spacial score (nSPS) is 9.23. The molecule has 6 N–H and O–H groups in total. The first-order chi connectivity index (χ1) is 10.6. The molecule has 9 heteroatoms. The van der Waals surface area contributed by atoms with Crippen molar-refractivity contribution in [2.45, 2.75) is 19.3 Å². The van der Waals surface area contributed by atoms with Gasteiger partial charge >= 0.3 is 0 Å². The van der Waals surface area contributed by atoms with Crippen molar-refractivity contribution in [3.05, 3.63) is 22.5 Å². The number of nitrogens with one attached hydrogen (secondary N) is 2. The molecule has 0 aliphatic rings. The second-order valence-corrected chi connectivity index (χ2v) is 5.10. The molecule has 22 heavy (non-hydrogen) atoms. The molecule has 0 aliphatic carbocycles. The lowest BCUT2D eigenvalue weighted by Gasteiger charge is -2.09. The van der Waals surface area contributed by atoms with Gasteiger partial charge in [0.1, 0.15) is 18.0 Å². The lowest BCUT2D eigenvalue weighted by molar-refractivity contribution is 0.648. The lowest BCUT2D eigenvalue weighted by Crippen LogP contribution is -2.26. The van der Waals surface area contributed by atoms with Gasteiger partial charge < -0.3 is 22.1 Å². The summed E-state index contributed by atoms with van der Waals surface area (Å²) < 4.78 is 0. The number of unbranched alkanes of at least 4 members (excludes halogenated alkanes) is 1. The van der Waals surface area contributed by atoms with Gasteiger partial charge in [0.2, 0.25) is 5.13 Å². The highest BCUT2D eigenvalue weighted by atomic mass is 32.1. The Bertz CT molecular complexity index is 611. The number of thiazole rings is 1. The average molecular weight is 318 g/mol. The zero-order valence-electron chi connectivity index (χ0n) is 12.3. The van der Waals surface area contributed by atoms with Crippen molar-refractivity contribution in [3.63, 3.8) is 0 Å². The van der Waals surface area contributed by atoms with Crippen molar-refractivity contribution in [1.82, 2.24) is 15.6 Å². The summed E-state index contributed by atoms with van der Waals surface area (Å²) in [5, 5.41) is 25.9. The molecule has 0 fully saturated rings. The quantitative estimate of drug-likeness (QED) is 0.235. The van der Waals surface area contributed by atoms with Gasteiger partial charge in [-0.25, -0.2) is 4.98 Å². The summed E-state index contributed by atoms with van der Waals surface area (Å²) in [6.45, 7) is 0.661. The molecular weight excluding hydrogens is 300 g/mol. The van der Waals surface area contributed by atoms with Crippen LogP contribution in [0.25, 0.3) is 0 Å². The second-order valence-electron chi connectivity index (χ2n) is 4.27. The molecule has 0 atom stereocenters. The highest BCUT2D eigenvalue weighted by Gasteiger charge is 2.04. The summed E-state index contributed by atoms with van der Waals surface area (Å²) in [6.07, 6.45) is 2.62. The monoisotopic (exact) mass is 318 g/mol. The molecule has 0 amide bonds. The van der Waals surface area contributed by atoms with E-state index in [-0.39, 0.29) is 11.5 Å². The fourth-order valence-electron chi connectivity index (χ4n) is 1.66. The van der Waals surface area contributed by atoms with E-state index in [9.17, 15) is 0 Å². The SMILES string of the molecule is CNC(NCCCCc1csc(N=C(N)N)n1)=C(C#N)C#N. The number of hydrogen-bond acceptors (Lipinski definition) is 7. The Morgan fingerprint density at radius 1 is 1.36 bits per heavy atom. The molecule has 8 nitrogen and oxygen atoms in total. The van der Waals surface area contributed by atoms with E-state index in [0.29, 0.717) is 17.5 Å². The maximum atomic E-state index is 8.80. The second kappa shape index (κ2) is 9.21. The van der Waals surface area contributed by atoms with Crippen LogP contribution in [0.15, 0.2) is 21.8 Å². The van der Waals surface area contributed by atoms with Crippen molar-refractivity contribution < 1.29 is 0 Å². The molecule has 0 radical (unpaired) electrons. The largest absolute Gasteiger partial charge is 0.373 e. The van der Waals surface area contributed by atoms with Gasteiger partial charge in [-0.3, -0.25) is 0 Å². The molecule has 1 aromatic rings. The van der Waals surface area contributed by atoms with E-state index in [2.05, 4.69) is 20.6 Å². The first-order valence-corrected chi connectivity index (χ1v) is 7.48. The van der Waals surface area contributed by atoms with Crippen LogP contribution in [0.4, 0.5) is 5.13 Å². The third-order valence-corrected chi connectivity index (χ3v) is 3.43. The van der Waals surface area contributed by atoms with E-state index in [0.717, 1.165) is 25.0 Å². The number of allylic oxidation sites excluding steroid dienone is 1. The van der Waals surface area contributed by atoms with Crippen molar-refractivity contribution in [3.8, 4) is 12.1 Å². The molecule has 0 aromatic carbocycles. The number of rotatable bonds is 8. The Hall–Kier alpha value is -2.78. The maximum absolute atomic E-state index is 8.80. The van der Waals surface area contributed by atoms with Crippen LogP contribution < -0.4 is 22.1 Å². The standard InChI is InChI=1S/C13H18N8S/c1-18-11(9(6-14)7-15)19-5-3-2-4-10-8-22-13(20-10)21-12(16)17/h8,18-19H,2-5H2,1H3,(H4,16,17,20,21). The minimum absolute atomic E-state index is 0.00210. The molecule has 0 unspecified atom stereocenters. The van der Waals surface area contributed by atoms with Gasteiger partial charge in [0, 0.05) is 19.0 Å². The summed E-state index contributed by atoms with van der Waals surface area (Å²) in [5.74, 6) is 0.455. The first-order valence-electron chi connectivity index (χ1n) is 6.60. The predicted molar refractivity (Wildman–Crippen MR) is 85.8 cm³/mol. The Kier molecular flexibility index (Phi) is 7.23. The minimum Gasteiger partial charge on any atom is -0.373 e. The van der Waals surface area contributed by atoms with Crippen LogP contribution in [-0.4, -0.2) is 24.5 Å². The van der Waals surface area contributed by atoms with Crippen LogP contribution in [0.1, 0.15) is 18.5 Å². The number of guanidine groups is 1. The van der Waals surface area contributed by atoms with Gasteiger partial charge in [0.25, 0.3) is 0 Å². The predicted octanol–water partition coefficient (Wildman–Crippen LogP) is 0.438. The topological polar surface area (TPSA) is 149 Å². The minimum atomic E-state index is 0.00210. The van der Waals surface area contributed by atoms with E-state index in [4.69, 9.17) is 22.0 Å². The first kappa shape index (κ1) is 17.3. The zero-order valence-corrected chi connectivity index (χ0v) is 13.1. The van der Waals surface area contributed by atoms with E-state index in [1.54, 1.807) is 7.05 Å². The Balaban J connectivity index is 2.36. The third kappa shape index (κ3) is 5.69. The summed E-state index contributed by atoms with van der Waals surface area (Å²) in [6, 6.07) is 3.68. The van der Waals surface area contributed by atoms with Crippen molar-refractivity contribution in [1.29, 1.82) is 10.5 Å². The van der Waals surface area contributed by atoms with Gasteiger partial charge in [-0.05, 0) is 19.3 Å². The summed E-state index contributed by atoms with van der Waals surface area (Å²) >= 11 is 1.40. The van der Waals surface area contributed by atoms with Crippen LogP contribution in [-0.2, 0) is 6.42 Å². The summed E-state index contributed by atoms with van der Waals surface area (Å²) in [7, 11) is 1.66. The molecule has 1 aromatic heterocycles. The van der Waals surface area contributed by atoms with Crippen LogP contribution in [0.5, 0.6) is 0 Å². The van der Waals surface area contributed by atoms with E-state index in [1.165, 1.54) is 11.3 Å². The number of aromatic nitrogens is 1. The third-order valence-electron chi connectivity index (χ3n) is 2.65. The molecule has 1 rings (SSSR count). The van der Waals surface area contributed by atoms with Crippen LogP contribution in [0, 0.1) is 22.7 Å². The molecule has 0 saturated carbocycles. The van der Waals surface area contributed by atoms with E-state index >= 15 is 0 Å². The number of hydrogen-bond donors (Lipinski definition) is 4. The van der Waals surface area contributed by atoms with Crippen LogP contribution in [0.3, 0.4) is 0 Å². The molecule has 116 valence electrons. The van der Waals surface area contributed by atoms with Crippen LogP contribution >= 0.6 is 11.3 Å². The number of aryl methyl sites for hydroxylation is 1. The smallest absolute Gasteiger partial charge is 0.212 e. The zero-order chi connectivity index (χ0) is 16.4. The van der Waals surface area contributed by atoms with Crippen molar-refractivity contribution >= 4 is 22.4 Å². The Morgan fingerprint density at radius 2 is 2.09 bits per heavy atom. The van der Waals surface area contributed by atoms with Gasteiger partial charge in [-0.15, -0.1) is 11.3 Å². The Morgan fingerprint density at radius 3 is 2.68 bits per heavy atom. The van der Waals surface area contributed by atoms with Gasteiger partial charge in [-0.1, -0.05) is 0 Å². The van der Waals surface area contributed by atoms with Gasteiger partial charge in [-0.2, -0.15) is 15.5 Å². The fourth-order valence-corrected chi connectivity index (χ4v) is 2.40. The van der Waals surface area contributed by atoms with E-state index < -0.39 is 0 Å². The summed E-state index contributed by atoms with van der Waals surface area (Å²) in [5.41, 5.74) is 11.6. The van der Waals surface area contributed by atoms with Gasteiger partial charge in [0.15, 0.2) is 11.5 Å². The Labute approximate surface area is 133 Å². The van der Waals surface area contributed by atoms with Crippen LogP contribution in [0.2, 0.25) is 0 Å². The highest BCUT2D eigenvalue weighted by molar-refractivity contribution is 7.13. The van der Waals surface area contributed by atoms with Crippen molar-refractivity contribution in [2.24, 2.45) is 16.5 Å². The average Bonchev–Trinajstić information content (AvgIpc) is 2.92. The fraction of sp³-hybridized carbons (Fsp3) is 0.385. The molecule has 0 aliphatic heterocycles. The number of nitrogens with zero attached hydrogens (tertiary/aromatic N) is 4. The number of nitrogens with two attached hydrogens (primary N) is 2. The van der Waals surface area contributed by atoms with E-state index in [1.807, 2.05) is 17.5 Å². The van der Waals surface area contributed by atoms with Gasteiger partial charge in [0.05, 0.1) is 5.69 Å². The summed E-state index contributed by atoms with van der Waals surface area (Å²) in [4.78, 5) is 8.19. The van der Waals surface area contributed by atoms with Crippen molar-refractivity contribution in [2.75, 3.05) is 13.6 Å². The molecular formula is C13H18N8S. The number of aliphatic imine (C=N–C) groups is 1. The molecule has 0 spiro atoms. The molecule has 1 heterocycles. The number of nitriles is 2.